The van der Waals surface area contributed by atoms with Crippen LogP contribution >= 0.6 is 0 Å². The van der Waals surface area contributed by atoms with Crippen LogP contribution in [0, 0.1) is 0 Å². The lowest BCUT2D eigenvalue weighted by Gasteiger charge is -2.16. The summed E-state index contributed by atoms with van der Waals surface area (Å²) in [6, 6.07) is 8.56. The van der Waals surface area contributed by atoms with Crippen LogP contribution in [0.2, 0.25) is 0 Å². The van der Waals surface area contributed by atoms with Gasteiger partial charge in [-0.25, -0.2) is 0 Å². The van der Waals surface area contributed by atoms with E-state index >= 15 is 0 Å². The van der Waals surface area contributed by atoms with Gasteiger partial charge in [-0.05, 0) is 74.8 Å². The van der Waals surface area contributed by atoms with Gasteiger partial charge in [-0.15, -0.1) is 0 Å². The average Bonchev–Trinajstić information content (AvgIpc) is 2.46. The molecule has 2 nitrogen and oxygen atoms in total. The third-order valence-electron chi connectivity index (χ3n) is 3.71. The van der Waals surface area contributed by atoms with Gasteiger partial charge in [0.1, 0.15) is 11.5 Å². The van der Waals surface area contributed by atoms with E-state index in [0.717, 1.165) is 11.5 Å². The second-order valence-electron chi connectivity index (χ2n) is 6.13. The smallest absolute Gasteiger partial charge is 0.127 e. The molecule has 1 aliphatic heterocycles. The van der Waals surface area contributed by atoms with Crippen LogP contribution in [0.15, 0.2) is 65.2 Å². The number of benzene rings is 1. The number of allylic oxidation sites excluding steroid dienone is 7. The fourth-order valence-corrected chi connectivity index (χ4v) is 2.34. The highest BCUT2D eigenvalue weighted by Gasteiger charge is 2.08. The second kappa shape index (κ2) is 6.69. The van der Waals surface area contributed by atoms with Crippen LogP contribution in [-0.2, 0) is 4.74 Å². The molecular formula is C20H25NO. The van der Waals surface area contributed by atoms with Gasteiger partial charge in [-0.3, -0.25) is 0 Å². The van der Waals surface area contributed by atoms with E-state index in [0.29, 0.717) is 0 Å². The van der Waals surface area contributed by atoms with E-state index in [-0.39, 0.29) is 0 Å². The predicted molar refractivity (Wildman–Crippen MR) is 95.7 cm³/mol. The lowest BCUT2D eigenvalue weighted by atomic mass is 10.0. The Bertz CT molecular complexity index is 666. The van der Waals surface area contributed by atoms with Crippen molar-refractivity contribution >= 4 is 11.3 Å². The van der Waals surface area contributed by atoms with Gasteiger partial charge in [0, 0.05) is 19.8 Å². The molecule has 1 aromatic carbocycles. The number of hydrogen-bond donors (Lipinski definition) is 0. The molecule has 0 amide bonds. The van der Waals surface area contributed by atoms with Crippen LogP contribution < -0.4 is 4.90 Å². The maximum Gasteiger partial charge on any atom is 0.127 e. The molecule has 1 heterocycles. The van der Waals surface area contributed by atoms with Crippen molar-refractivity contribution in [3.8, 4) is 0 Å². The summed E-state index contributed by atoms with van der Waals surface area (Å²) >= 11 is 0. The molecule has 2 heteroatoms. The first-order chi connectivity index (χ1) is 10.4. The van der Waals surface area contributed by atoms with Gasteiger partial charge >= 0.3 is 0 Å². The molecule has 0 aliphatic carbocycles. The topological polar surface area (TPSA) is 12.5 Å². The fraction of sp³-hybridized carbons (Fsp3) is 0.300. The van der Waals surface area contributed by atoms with Crippen LogP contribution in [-0.4, -0.2) is 14.1 Å². The third-order valence-corrected chi connectivity index (χ3v) is 3.71. The average molecular weight is 295 g/mol. The lowest BCUT2D eigenvalue weighted by molar-refractivity contribution is 0.318. The maximum atomic E-state index is 5.82. The maximum absolute atomic E-state index is 5.82. The molecule has 0 fully saturated rings. The summed E-state index contributed by atoms with van der Waals surface area (Å²) in [4.78, 5) is 2.10. The molecule has 0 N–H and O–H groups in total. The zero-order valence-corrected chi connectivity index (χ0v) is 14.4. The minimum atomic E-state index is 0.894. The highest BCUT2D eigenvalue weighted by Crippen LogP contribution is 2.25. The molecule has 0 atom stereocenters. The van der Waals surface area contributed by atoms with Gasteiger partial charge in [-0.1, -0.05) is 17.7 Å². The molecule has 22 heavy (non-hydrogen) atoms. The van der Waals surface area contributed by atoms with Crippen molar-refractivity contribution < 1.29 is 4.74 Å². The molecule has 0 bridgehead atoms. The first-order valence-corrected chi connectivity index (χ1v) is 7.58. The minimum absolute atomic E-state index is 0.894. The van der Waals surface area contributed by atoms with Gasteiger partial charge in [-0.2, -0.15) is 0 Å². The Morgan fingerprint density at radius 3 is 2.18 bits per heavy atom. The first kappa shape index (κ1) is 16.2. The Labute approximate surface area is 134 Å². The minimum Gasteiger partial charge on any atom is -0.462 e. The van der Waals surface area contributed by atoms with E-state index in [2.05, 4.69) is 82.3 Å². The van der Waals surface area contributed by atoms with Crippen molar-refractivity contribution in [2.75, 3.05) is 19.0 Å². The summed E-state index contributed by atoms with van der Waals surface area (Å²) in [6.07, 6.45) is 6.28. The largest absolute Gasteiger partial charge is 0.462 e. The number of anilines is 1. The van der Waals surface area contributed by atoms with Crippen molar-refractivity contribution in [1.29, 1.82) is 0 Å². The standard InChI is InChI=1S/C20H25NO/c1-14(2)18-12-16(4)22-20(13-18)11-15(3)17-7-9-19(10-8-17)21(5)6/h7-13H,1-6H3/b15-11+. The van der Waals surface area contributed by atoms with E-state index in [1.54, 1.807) is 0 Å². The van der Waals surface area contributed by atoms with Gasteiger partial charge in [0.25, 0.3) is 0 Å². The first-order valence-electron chi connectivity index (χ1n) is 7.58. The van der Waals surface area contributed by atoms with Crippen molar-refractivity contribution in [3.05, 3.63) is 70.7 Å². The number of hydrogen-bond acceptors (Lipinski definition) is 2. The molecule has 0 saturated carbocycles. The quantitative estimate of drug-likeness (QED) is 0.749. The van der Waals surface area contributed by atoms with E-state index in [9.17, 15) is 0 Å². The Morgan fingerprint density at radius 1 is 1.00 bits per heavy atom. The molecule has 0 radical (unpaired) electrons. The summed E-state index contributed by atoms with van der Waals surface area (Å²) in [5, 5.41) is 0. The van der Waals surface area contributed by atoms with Crippen LogP contribution in [0.25, 0.3) is 5.57 Å². The normalized spacial score (nSPS) is 15.0. The Balaban J connectivity index is 2.27. The van der Waals surface area contributed by atoms with Crippen molar-refractivity contribution in [2.45, 2.75) is 27.7 Å². The van der Waals surface area contributed by atoms with Gasteiger partial charge in [0.05, 0.1) is 0 Å². The third kappa shape index (κ3) is 3.91. The number of ether oxygens (including phenoxy) is 1. The summed E-state index contributed by atoms with van der Waals surface area (Å²) < 4.78 is 5.82. The summed E-state index contributed by atoms with van der Waals surface area (Å²) in [5.41, 5.74) is 6.13. The van der Waals surface area contributed by atoms with E-state index in [1.165, 1.54) is 28.0 Å². The monoisotopic (exact) mass is 295 g/mol. The highest BCUT2D eigenvalue weighted by atomic mass is 16.5. The SMILES string of the molecule is CC1=CC(=C(C)C)C=C(/C=C(\C)c2ccc(N(C)C)cc2)O1. The molecule has 1 aliphatic rings. The van der Waals surface area contributed by atoms with Crippen LogP contribution in [0.3, 0.4) is 0 Å². The van der Waals surface area contributed by atoms with E-state index in [4.69, 9.17) is 4.74 Å². The fourth-order valence-electron chi connectivity index (χ4n) is 2.34. The van der Waals surface area contributed by atoms with Gasteiger partial charge in [0.15, 0.2) is 0 Å². The van der Waals surface area contributed by atoms with Crippen LogP contribution in [0.1, 0.15) is 33.3 Å². The Morgan fingerprint density at radius 2 is 1.64 bits per heavy atom. The molecule has 0 aromatic heterocycles. The second-order valence-corrected chi connectivity index (χ2v) is 6.13. The zero-order valence-electron chi connectivity index (χ0n) is 14.4. The molecule has 0 saturated heterocycles. The molecule has 116 valence electrons. The highest BCUT2D eigenvalue weighted by molar-refractivity contribution is 5.68. The predicted octanol–water partition coefficient (Wildman–Crippen LogP) is 5.31. The summed E-state index contributed by atoms with van der Waals surface area (Å²) in [7, 11) is 4.10. The van der Waals surface area contributed by atoms with Crippen molar-refractivity contribution in [1.82, 2.24) is 0 Å². The molecule has 1 aromatic rings. The van der Waals surface area contributed by atoms with Crippen LogP contribution in [0.4, 0.5) is 5.69 Å². The Kier molecular flexibility index (Phi) is 4.92. The summed E-state index contributed by atoms with van der Waals surface area (Å²) in [6.45, 7) is 8.35. The van der Waals surface area contributed by atoms with Gasteiger partial charge < -0.3 is 9.64 Å². The Hall–Kier alpha value is -2.22. The number of rotatable bonds is 3. The number of nitrogens with zero attached hydrogens (tertiary/aromatic N) is 1. The lowest BCUT2D eigenvalue weighted by Crippen LogP contribution is -2.08. The van der Waals surface area contributed by atoms with Crippen molar-refractivity contribution in [2.24, 2.45) is 0 Å². The molecule has 2 rings (SSSR count). The summed E-state index contributed by atoms with van der Waals surface area (Å²) in [5.74, 6) is 1.83. The van der Waals surface area contributed by atoms with Crippen LogP contribution in [0.5, 0.6) is 0 Å². The molecular weight excluding hydrogens is 270 g/mol. The van der Waals surface area contributed by atoms with Crippen molar-refractivity contribution in [3.63, 3.8) is 0 Å². The molecule has 0 unspecified atom stereocenters. The van der Waals surface area contributed by atoms with E-state index in [1.807, 2.05) is 6.92 Å². The molecule has 0 spiro atoms. The zero-order chi connectivity index (χ0) is 16.3. The van der Waals surface area contributed by atoms with E-state index < -0.39 is 0 Å². The van der Waals surface area contributed by atoms with Gasteiger partial charge in [0.2, 0.25) is 0 Å².